The smallest absolute Gasteiger partial charge is 0.266 e. The molecule has 0 radical (unpaired) electrons. The summed E-state index contributed by atoms with van der Waals surface area (Å²) in [4.78, 5) is 12.2. The molecule has 0 bridgehead atoms. The molecule has 0 fully saturated rings. The van der Waals surface area contributed by atoms with Crippen molar-refractivity contribution in [2.24, 2.45) is 0 Å². The molecule has 2 aromatic rings. The van der Waals surface area contributed by atoms with Crippen LogP contribution in [0.2, 0.25) is 5.02 Å². The van der Waals surface area contributed by atoms with Gasteiger partial charge in [0.25, 0.3) is 5.91 Å². The van der Waals surface area contributed by atoms with Crippen molar-refractivity contribution in [2.45, 2.75) is 0 Å². The van der Waals surface area contributed by atoms with Crippen LogP contribution in [0.4, 0.5) is 5.69 Å². The van der Waals surface area contributed by atoms with Crippen LogP contribution in [0.5, 0.6) is 5.75 Å². The van der Waals surface area contributed by atoms with Gasteiger partial charge in [0.1, 0.15) is 17.4 Å². The molecule has 23 heavy (non-hydrogen) atoms. The van der Waals surface area contributed by atoms with E-state index in [0.717, 1.165) is 3.57 Å². The van der Waals surface area contributed by atoms with Crippen molar-refractivity contribution in [1.29, 1.82) is 5.26 Å². The number of anilines is 1. The van der Waals surface area contributed by atoms with Crippen LogP contribution in [0.1, 0.15) is 5.56 Å². The van der Waals surface area contributed by atoms with Gasteiger partial charge in [0, 0.05) is 9.26 Å². The lowest BCUT2D eigenvalue weighted by atomic mass is 10.1. The average Bonchev–Trinajstić information content (AvgIpc) is 2.52. The van der Waals surface area contributed by atoms with E-state index in [1.165, 1.54) is 13.2 Å². The number of nitrogens with zero attached hydrogens (tertiary/aromatic N) is 1. The van der Waals surface area contributed by atoms with E-state index in [-0.39, 0.29) is 5.57 Å². The Kier molecular flexibility index (Phi) is 6.02. The first-order valence-corrected chi connectivity index (χ1v) is 8.01. The second-order valence-corrected chi connectivity index (χ2v) is 6.18. The molecule has 0 spiro atoms. The molecule has 0 atom stereocenters. The lowest BCUT2D eigenvalue weighted by Crippen LogP contribution is -2.13. The Bertz CT molecular complexity index is 812. The minimum atomic E-state index is -0.471. The van der Waals surface area contributed by atoms with Crippen LogP contribution in [-0.2, 0) is 4.79 Å². The van der Waals surface area contributed by atoms with Crippen LogP contribution < -0.4 is 10.1 Å². The van der Waals surface area contributed by atoms with Crippen molar-refractivity contribution in [3.63, 3.8) is 0 Å². The summed E-state index contributed by atoms with van der Waals surface area (Å²) in [7, 11) is 1.52. The van der Waals surface area contributed by atoms with E-state index in [1.54, 1.807) is 24.3 Å². The topological polar surface area (TPSA) is 62.1 Å². The minimum Gasteiger partial charge on any atom is -0.495 e. The maximum Gasteiger partial charge on any atom is 0.266 e. The first-order valence-electron chi connectivity index (χ1n) is 6.55. The van der Waals surface area contributed by atoms with Gasteiger partial charge in [-0.3, -0.25) is 4.79 Å². The van der Waals surface area contributed by atoms with Gasteiger partial charge < -0.3 is 10.1 Å². The van der Waals surface area contributed by atoms with Crippen molar-refractivity contribution in [1.82, 2.24) is 0 Å². The van der Waals surface area contributed by atoms with Crippen molar-refractivity contribution in [3.05, 3.63) is 62.2 Å². The maximum atomic E-state index is 12.2. The number of nitrogens with one attached hydrogen (secondary N) is 1. The molecule has 0 saturated heterocycles. The van der Waals surface area contributed by atoms with Crippen LogP contribution >= 0.6 is 34.2 Å². The fourth-order valence-electron chi connectivity index (χ4n) is 1.85. The van der Waals surface area contributed by atoms with Gasteiger partial charge in [-0.05, 0) is 64.6 Å². The van der Waals surface area contributed by atoms with E-state index in [2.05, 4.69) is 27.9 Å². The number of rotatable bonds is 4. The minimum absolute atomic E-state index is 0.00917. The highest BCUT2D eigenvalue weighted by atomic mass is 127. The molecule has 0 unspecified atom stereocenters. The number of hydrogen-bond acceptors (Lipinski definition) is 3. The van der Waals surface area contributed by atoms with Gasteiger partial charge in [-0.1, -0.05) is 23.7 Å². The molecule has 0 heterocycles. The third-order valence-electron chi connectivity index (χ3n) is 2.93. The number of hydrogen-bond donors (Lipinski definition) is 1. The fraction of sp³-hybridized carbons (Fsp3) is 0.0588. The standard InChI is InChI=1S/C17H12ClIN2O2/c1-23-16-6-5-11(8-15(16)18)7-12(10-20)17(22)21-14-4-2-3-13(19)9-14/h2-9H,1H3,(H,21,22)/b12-7+. The number of nitriles is 1. The van der Waals surface area contributed by atoms with Gasteiger partial charge in [0.05, 0.1) is 12.1 Å². The van der Waals surface area contributed by atoms with Crippen LogP contribution in [0.3, 0.4) is 0 Å². The quantitative estimate of drug-likeness (QED) is 0.434. The molecule has 2 aromatic carbocycles. The van der Waals surface area contributed by atoms with Crippen molar-refractivity contribution in [3.8, 4) is 11.8 Å². The molecule has 1 amide bonds. The summed E-state index contributed by atoms with van der Waals surface area (Å²) in [5, 5.41) is 12.3. The first kappa shape index (κ1) is 17.3. The van der Waals surface area contributed by atoms with Gasteiger partial charge in [-0.15, -0.1) is 0 Å². The van der Waals surface area contributed by atoms with Gasteiger partial charge in [0.2, 0.25) is 0 Å². The predicted octanol–water partition coefficient (Wildman–Crippen LogP) is 4.50. The summed E-state index contributed by atoms with van der Waals surface area (Å²) in [6, 6.07) is 14.3. The van der Waals surface area contributed by atoms with Crippen LogP contribution in [0, 0.1) is 14.9 Å². The SMILES string of the molecule is COc1ccc(/C=C(\C#N)C(=O)Nc2cccc(I)c2)cc1Cl. The predicted molar refractivity (Wildman–Crippen MR) is 99.4 cm³/mol. The Morgan fingerprint density at radius 2 is 2.13 bits per heavy atom. The van der Waals surface area contributed by atoms with Gasteiger partial charge in [-0.2, -0.15) is 5.26 Å². The first-order chi connectivity index (χ1) is 11.0. The molecule has 0 aliphatic rings. The molecular formula is C17H12ClIN2O2. The van der Waals surface area contributed by atoms with E-state index >= 15 is 0 Å². The highest BCUT2D eigenvalue weighted by Crippen LogP contribution is 2.26. The van der Waals surface area contributed by atoms with Crippen LogP contribution in [0.15, 0.2) is 48.0 Å². The van der Waals surface area contributed by atoms with E-state index < -0.39 is 5.91 Å². The van der Waals surface area contributed by atoms with Crippen molar-refractivity contribution >= 4 is 51.9 Å². The average molecular weight is 439 g/mol. The molecule has 2 rings (SSSR count). The summed E-state index contributed by atoms with van der Waals surface area (Å²) in [6.07, 6.45) is 1.48. The normalized spacial score (nSPS) is 10.8. The summed E-state index contributed by atoms with van der Waals surface area (Å²) in [5.41, 5.74) is 1.27. The lowest BCUT2D eigenvalue weighted by Gasteiger charge is -2.06. The molecule has 0 aliphatic carbocycles. The number of halogens is 2. The number of carbonyl (C=O) groups excluding carboxylic acids is 1. The fourth-order valence-corrected chi connectivity index (χ4v) is 2.66. The Morgan fingerprint density at radius 3 is 2.74 bits per heavy atom. The third kappa shape index (κ3) is 4.71. The van der Waals surface area contributed by atoms with Crippen molar-refractivity contribution in [2.75, 3.05) is 12.4 Å². The summed E-state index contributed by atoms with van der Waals surface area (Å²) in [6.45, 7) is 0. The second kappa shape index (κ2) is 7.99. The molecule has 1 N–H and O–H groups in total. The Balaban J connectivity index is 2.23. The van der Waals surface area contributed by atoms with Crippen molar-refractivity contribution < 1.29 is 9.53 Å². The second-order valence-electron chi connectivity index (χ2n) is 4.53. The summed E-state index contributed by atoms with van der Waals surface area (Å²) >= 11 is 8.19. The zero-order valence-corrected chi connectivity index (χ0v) is 15.1. The largest absolute Gasteiger partial charge is 0.495 e. The highest BCUT2D eigenvalue weighted by molar-refractivity contribution is 14.1. The molecule has 0 aliphatic heterocycles. The number of carbonyl (C=O) groups is 1. The Labute approximate surface area is 152 Å². The number of benzene rings is 2. The maximum absolute atomic E-state index is 12.2. The van der Waals surface area contributed by atoms with Crippen LogP contribution in [0.25, 0.3) is 6.08 Å². The van der Waals surface area contributed by atoms with Gasteiger partial charge in [-0.25, -0.2) is 0 Å². The number of ether oxygens (including phenoxy) is 1. The molecule has 6 heteroatoms. The zero-order valence-electron chi connectivity index (χ0n) is 12.1. The molecule has 4 nitrogen and oxygen atoms in total. The van der Waals surface area contributed by atoms with Gasteiger partial charge >= 0.3 is 0 Å². The molecule has 0 aromatic heterocycles. The van der Waals surface area contributed by atoms with Crippen LogP contribution in [-0.4, -0.2) is 13.0 Å². The Hall–Kier alpha value is -2.04. The number of methoxy groups -OCH3 is 1. The summed E-state index contributed by atoms with van der Waals surface area (Å²) in [5.74, 6) is 0.0621. The van der Waals surface area contributed by atoms with E-state index in [1.807, 2.05) is 24.3 Å². The molecular weight excluding hydrogens is 427 g/mol. The lowest BCUT2D eigenvalue weighted by molar-refractivity contribution is -0.112. The third-order valence-corrected chi connectivity index (χ3v) is 3.90. The van der Waals surface area contributed by atoms with E-state index in [0.29, 0.717) is 22.0 Å². The Morgan fingerprint density at radius 1 is 1.35 bits per heavy atom. The zero-order chi connectivity index (χ0) is 16.8. The number of amides is 1. The van der Waals surface area contributed by atoms with E-state index in [4.69, 9.17) is 16.3 Å². The van der Waals surface area contributed by atoms with E-state index in [9.17, 15) is 10.1 Å². The summed E-state index contributed by atoms with van der Waals surface area (Å²) < 4.78 is 6.06. The molecule has 0 saturated carbocycles. The van der Waals surface area contributed by atoms with Gasteiger partial charge in [0.15, 0.2) is 0 Å². The monoisotopic (exact) mass is 438 g/mol. The molecule has 116 valence electrons. The highest BCUT2D eigenvalue weighted by Gasteiger charge is 2.10.